The van der Waals surface area contributed by atoms with Crippen LogP contribution in [-0.2, 0) is 9.53 Å². The SMILES string of the molecule is COc1cc(C2=N/C(=C/c3cc4ccccc4nc3Sc3ccccc3)C(=O)O2)cc(OC)c1OC. The normalized spacial score (nSPS) is 14.0. The second-order valence-electron chi connectivity index (χ2n) is 7.74. The maximum absolute atomic E-state index is 12.8. The molecular formula is C28H22N2O5S. The summed E-state index contributed by atoms with van der Waals surface area (Å²) in [6, 6.07) is 23.2. The zero-order valence-corrected chi connectivity index (χ0v) is 20.7. The molecule has 1 aromatic heterocycles. The van der Waals surface area contributed by atoms with E-state index in [9.17, 15) is 4.79 Å². The molecule has 0 spiro atoms. The molecule has 1 aliphatic rings. The molecular weight excluding hydrogens is 476 g/mol. The van der Waals surface area contributed by atoms with Crippen LogP contribution in [0.1, 0.15) is 11.1 Å². The summed E-state index contributed by atoms with van der Waals surface area (Å²) < 4.78 is 21.7. The highest BCUT2D eigenvalue weighted by Crippen LogP contribution is 2.39. The lowest BCUT2D eigenvalue weighted by Gasteiger charge is -2.13. The molecule has 180 valence electrons. The van der Waals surface area contributed by atoms with E-state index < -0.39 is 5.97 Å². The molecule has 1 aliphatic heterocycles. The van der Waals surface area contributed by atoms with Crippen LogP contribution in [0.5, 0.6) is 17.2 Å². The van der Waals surface area contributed by atoms with Crippen molar-refractivity contribution in [2.75, 3.05) is 21.3 Å². The van der Waals surface area contributed by atoms with Crippen LogP contribution in [0.2, 0.25) is 0 Å². The number of cyclic esters (lactones) is 1. The quantitative estimate of drug-likeness (QED) is 0.237. The molecule has 0 radical (unpaired) electrons. The van der Waals surface area contributed by atoms with Crippen LogP contribution < -0.4 is 14.2 Å². The Bertz CT molecular complexity index is 1490. The number of rotatable bonds is 7. The Morgan fingerprint density at radius 3 is 2.25 bits per heavy atom. The Balaban J connectivity index is 1.58. The number of carbonyl (C=O) groups is 1. The van der Waals surface area contributed by atoms with E-state index in [1.54, 1.807) is 18.2 Å². The van der Waals surface area contributed by atoms with Gasteiger partial charge in [-0.3, -0.25) is 0 Å². The third kappa shape index (κ3) is 4.63. The Morgan fingerprint density at radius 2 is 1.56 bits per heavy atom. The predicted octanol–water partition coefficient (Wildman–Crippen LogP) is 5.76. The molecule has 2 heterocycles. The van der Waals surface area contributed by atoms with Crippen molar-refractivity contribution in [3.8, 4) is 17.2 Å². The van der Waals surface area contributed by atoms with Crippen molar-refractivity contribution in [1.29, 1.82) is 0 Å². The first-order chi connectivity index (χ1) is 17.6. The minimum atomic E-state index is -0.553. The van der Waals surface area contributed by atoms with Gasteiger partial charge in [-0.25, -0.2) is 14.8 Å². The van der Waals surface area contributed by atoms with E-state index in [0.717, 1.165) is 26.4 Å². The van der Waals surface area contributed by atoms with Crippen LogP contribution in [0.25, 0.3) is 17.0 Å². The molecule has 0 fully saturated rings. The van der Waals surface area contributed by atoms with Gasteiger partial charge in [-0.15, -0.1) is 0 Å². The second-order valence-corrected chi connectivity index (χ2v) is 8.80. The van der Waals surface area contributed by atoms with E-state index in [0.29, 0.717) is 22.8 Å². The zero-order chi connectivity index (χ0) is 25.1. The summed E-state index contributed by atoms with van der Waals surface area (Å²) in [5.74, 6) is 0.903. The summed E-state index contributed by atoms with van der Waals surface area (Å²) in [5, 5.41) is 1.72. The Morgan fingerprint density at radius 1 is 0.861 bits per heavy atom. The van der Waals surface area contributed by atoms with E-state index >= 15 is 0 Å². The molecule has 0 N–H and O–H groups in total. The second kappa shape index (κ2) is 10.1. The molecule has 0 saturated heterocycles. The lowest BCUT2D eigenvalue weighted by Crippen LogP contribution is -2.07. The van der Waals surface area contributed by atoms with Crippen molar-refractivity contribution in [2.24, 2.45) is 4.99 Å². The number of para-hydroxylation sites is 1. The van der Waals surface area contributed by atoms with Crippen LogP contribution in [0.3, 0.4) is 0 Å². The van der Waals surface area contributed by atoms with Crippen molar-refractivity contribution in [3.05, 3.63) is 89.6 Å². The molecule has 8 heteroatoms. The van der Waals surface area contributed by atoms with Gasteiger partial charge in [0.05, 0.1) is 26.8 Å². The molecule has 7 nitrogen and oxygen atoms in total. The van der Waals surface area contributed by atoms with E-state index in [1.165, 1.54) is 33.1 Å². The summed E-state index contributed by atoms with van der Waals surface area (Å²) in [7, 11) is 4.57. The van der Waals surface area contributed by atoms with Gasteiger partial charge in [0.1, 0.15) is 5.03 Å². The third-order valence-electron chi connectivity index (χ3n) is 5.50. The van der Waals surface area contributed by atoms with Gasteiger partial charge in [0, 0.05) is 21.4 Å². The molecule has 3 aromatic carbocycles. The summed E-state index contributed by atoms with van der Waals surface area (Å²) >= 11 is 1.52. The largest absolute Gasteiger partial charge is 0.493 e. The van der Waals surface area contributed by atoms with Crippen LogP contribution in [0.4, 0.5) is 0 Å². The van der Waals surface area contributed by atoms with Gasteiger partial charge >= 0.3 is 5.97 Å². The molecule has 0 atom stereocenters. The summed E-state index contributed by atoms with van der Waals surface area (Å²) in [6.07, 6.45) is 1.71. The number of methoxy groups -OCH3 is 3. The predicted molar refractivity (Wildman–Crippen MR) is 139 cm³/mol. The van der Waals surface area contributed by atoms with Crippen molar-refractivity contribution in [1.82, 2.24) is 4.98 Å². The number of nitrogens with zero attached hydrogens (tertiary/aromatic N) is 2. The maximum atomic E-state index is 12.8. The highest BCUT2D eigenvalue weighted by molar-refractivity contribution is 7.99. The smallest absolute Gasteiger partial charge is 0.363 e. The number of benzene rings is 3. The Kier molecular flexibility index (Phi) is 6.60. The topological polar surface area (TPSA) is 79.2 Å². The summed E-state index contributed by atoms with van der Waals surface area (Å²) in [4.78, 5) is 23.2. The number of hydrogen-bond acceptors (Lipinski definition) is 8. The zero-order valence-electron chi connectivity index (χ0n) is 19.8. The number of aliphatic imine (C=N–C) groups is 1. The average Bonchev–Trinajstić information content (AvgIpc) is 3.28. The lowest BCUT2D eigenvalue weighted by atomic mass is 10.1. The number of hydrogen-bond donors (Lipinski definition) is 0. The third-order valence-corrected chi connectivity index (χ3v) is 6.53. The van der Waals surface area contributed by atoms with Crippen LogP contribution in [0.15, 0.2) is 93.4 Å². The highest BCUT2D eigenvalue weighted by atomic mass is 32.2. The Hall–Kier alpha value is -4.30. The van der Waals surface area contributed by atoms with Crippen LogP contribution >= 0.6 is 11.8 Å². The number of esters is 1. The molecule has 0 saturated carbocycles. The fourth-order valence-electron chi connectivity index (χ4n) is 3.78. The monoisotopic (exact) mass is 498 g/mol. The average molecular weight is 499 g/mol. The minimum absolute atomic E-state index is 0.150. The van der Waals surface area contributed by atoms with Crippen LogP contribution in [-0.4, -0.2) is 38.2 Å². The summed E-state index contributed by atoms with van der Waals surface area (Å²) in [6.45, 7) is 0. The van der Waals surface area contributed by atoms with Crippen LogP contribution in [0, 0.1) is 0 Å². The summed E-state index contributed by atoms with van der Waals surface area (Å²) in [5.41, 5.74) is 2.33. The van der Waals surface area contributed by atoms with E-state index in [1.807, 2.05) is 60.7 Å². The first-order valence-corrected chi connectivity index (χ1v) is 11.9. The fourth-order valence-corrected chi connectivity index (χ4v) is 4.68. The molecule has 4 aromatic rings. The van der Waals surface area contributed by atoms with Crippen molar-refractivity contribution < 1.29 is 23.7 Å². The molecule has 5 rings (SSSR count). The van der Waals surface area contributed by atoms with Gasteiger partial charge in [-0.05, 0) is 42.5 Å². The molecule has 0 aliphatic carbocycles. The maximum Gasteiger partial charge on any atom is 0.363 e. The van der Waals surface area contributed by atoms with Gasteiger partial charge in [0.15, 0.2) is 17.2 Å². The van der Waals surface area contributed by atoms with Crippen molar-refractivity contribution >= 4 is 40.6 Å². The minimum Gasteiger partial charge on any atom is -0.493 e. The first kappa shape index (κ1) is 23.4. The van der Waals surface area contributed by atoms with Gasteiger partial charge in [-0.1, -0.05) is 48.2 Å². The molecule has 0 unspecified atom stereocenters. The van der Waals surface area contributed by atoms with E-state index in [-0.39, 0.29) is 11.6 Å². The number of aromatic nitrogens is 1. The number of fused-ring (bicyclic) bond motifs is 1. The van der Waals surface area contributed by atoms with Gasteiger partial charge < -0.3 is 18.9 Å². The Labute approximate surface area is 212 Å². The molecule has 0 bridgehead atoms. The number of carbonyl (C=O) groups excluding carboxylic acids is 1. The fraction of sp³-hybridized carbons (Fsp3) is 0.107. The van der Waals surface area contributed by atoms with Gasteiger partial charge in [-0.2, -0.15) is 0 Å². The number of ether oxygens (including phenoxy) is 4. The van der Waals surface area contributed by atoms with E-state index in [4.69, 9.17) is 23.9 Å². The van der Waals surface area contributed by atoms with Crippen molar-refractivity contribution in [3.63, 3.8) is 0 Å². The lowest BCUT2D eigenvalue weighted by molar-refractivity contribution is -0.129. The van der Waals surface area contributed by atoms with Gasteiger partial charge in [0.25, 0.3) is 0 Å². The standard InChI is InChI=1S/C28H22N2O5S/c1-32-23-15-18(16-24(33-2)25(23)34-3)26-29-22(28(31)35-26)14-19-13-17-9-7-8-12-21(17)30-27(19)36-20-10-5-4-6-11-20/h4-16H,1-3H3/b22-14+. The molecule has 36 heavy (non-hydrogen) atoms. The number of pyridine rings is 1. The first-order valence-electron chi connectivity index (χ1n) is 11.0. The molecule has 0 amide bonds. The van der Waals surface area contributed by atoms with Crippen molar-refractivity contribution in [2.45, 2.75) is 9.92 Å². The highest BCUT2D eigenvalue weighted by Gasteiger charge is 2.27. The van der Waals surface area contributed by atoms with Gasteiger partial charge in [0.2, 0.25) is 11.6 Å². The van der Waals surface area contributed by atoms with E-state index in [2.05, 4.69) is 4.99 Å².